The van der Waals surface area contributed by atoms with E-state index in [9.17, 15) is 10.2 Å². The van der Waals surface area contributed by atoms with E-state index in [1.807, 2.05) is 6.07 Å². The molecule has 2 heteroatoms. The summed E-state index contributed by atoms with van der Waals surface area (Å²) in [7, 11) is 0. The van der Waals surface area contributed by atoms with Gasteiger partial charge in [-0.25, -0.2) is 0 Å². The van der Waals surface area contributed by atoms with Crippen LogP contribution in [0.3, 0.4) is 0 Å². The van der Waals surface area contributed by atoms with Gasteiger partial charge in [-0.15, -0.1) is 0 Å². The van der Waals surface area contributed by atoms with E-state index in [0.717, 1.165) is 43.2 Å². The first-order valence-electron chi connectivity index (χ1n) is 8.72. The second kappa shape index (κ2) is 6.52. The van der Waals surface area contributed by atoms with E-state index in [2.05, 4.69) is 27.7 Å². The third-order valence-corrected chi connectivity index (χ3v) is 4.99. The van der Waals surface area contributed by atoms with Gasteiger partial charge >= 0.3 is 0 Å². The van der Waals surface area contributed by atoms with E-state index in [1.54, 1.807) is 0 Å². The Labute approximate surface area is 135 Å². The molecule has 0 radical (unpaired) electrons. The van der Waals surface area contributed by atoms with Gasteiger partial charge in [-0.1, -0.05) is 27.7 Å². The van der Waals surface area contributed by atoms with E-state index in [0.29, 0.717) is 10.8 Å². The minimum atomic E-state index is 0.185. The van der Waals surface area contributed by atoms with Crippen LogP contribution in [0.2, 0.25) is 0 Å². The maximum atomic E-state index is 10.2. The smallest absolute Gasteiger partial charge is 0.122 e. The minimum Gasteiger partial charge on any atom is -0.508 e. The summed E-state index contributed by atoms with van der Waals surface area (Å²) in [5, 5.41) is 20.0. The van der Waals surface area contributed by atoms with Crippen molar-refractivity contribution >= 4 is 0 Å². The molecule has 2 N–H and O–H groups in total. The van der Waals surface area contributed by atoms with E-state index in [4.69, 9.17) is 0 Å². The summed E-state index contributed by atoms with van der Waals surface area (Å²) < 4.78 is 0. The van der Waals surface area contributed by atoms with Gasteiger partial charge in [0.2, 0.25) is 0 Å². The molecule has 2 nitrogen and oxygen atoms in total. The SMILES string of the molecule is CC(C)(C)CCCc1c(O)cc(O)cc1CCCC1(C)CC1. The summed E-state index contributed by atoms with van der Waals surface area (Å²) in [5.41, 5.74) is 3.08. The monoisotopic (exact) mass is 304 g/mol. The molecular weight excluding hydrogens is 272 g/mol. The van der Waals surface area contributed by atoms with Crippen molar-refractivity contribution in [3.8, 4) is 11.5 Å². The fourth-order valence-electron chi connectivity index (χ4n) is 3.18. The summed E-state index contributed by atoms with van der Waals surface area (Å²) in [5.74, 6) is 0.450. The summed E-state index contributed by atoms with van der Waals surface area (Å²) in [6.07, 6.45) is 9.19. The first kappa shape index (κ1) is 17.2. The first-order valence-corrected chi connectivity index (χ1v) is 8.72. The third-order valence-electron chi connectivity index (χ3n) is 4.99. The predicted molar refractivity (Wildman–Crippen MR) is 92.4 cm³/mol. The Kier molecular flexibility index (Phi) is 5.09. The number of aromatic hydroxyl groups is 2. The van der Waals surface area contributed by atoms with Gasteiger partial charge in [0.05, 0.1) is 0 Å². The van der Waals surface area contributed by atoms with Gasteiger partial charge in [-0.05, 0) is 79.4 Å². The van der Waals surface area contributed by atoms with Crippen LogP contribution in [0, 0.1) is 10.8 Å². The van der Waals surface area contributed by atoms with Crippen LogP contribution in [-0.4, -0.2) is 10.2 Å². The second-order valence-corrected chi connectivity index (χ2v) is 8.68. The quantitative estimate of drug-likeness (QED) is 0.689. The molecule has 0 aromatic heterocycles. The van der Waals surface area contributed by atoms with Gasteiger partial charge in [0.1, 0.15) is 11.5 Å². The average molecular weight is 304 g/mol. The maximum Gasteiger partial charge on any atom is 0.122 e. The third kappa shape index (κ3) is 5.23. The highest BCUT2D eigenvalue weighted by molar-refractivity contribution is 5.45. The Balaban J connectivity index is 1.99. The molecule has 1 aliphatic rings. The molecule has 0 amide bonds. The zero-order valence-electron chi connectivity index (χ0n) is 14.7. The number of hydrogen-bond acceptors (Lipinski definition) is 2. The van der Waals surface area contributed by atoms with Crippen molar-refractivity contribution in [2.75, 3.05) is 0 Å². The van der Waals surface area contributed by atoms with Crippen LogP contribution in [0.1, 0.15) is 77.3 Å². The number of aryl methyl sites for hydroxylation is 1. The molecule has 1 fully saturated rings. The number of phenols is 2. The summed E-state index contributed by atoms with van der Waals surface area (Å²) in [6.45, 7) is 9.11. The van der Waals surface area contributed by atoms with Gasteiger partial charge < -0.3 is 10.2 Å². The van der Waals surface area contributed by atoms with Gasteiger partial charge in [0.25, 0.3) is 0 Å². The van der Waals surface area contributed by atoms with Crippen LogP contribution in [0.15, 0.2) is 12.1 Å². The number of hydrogen-bond donors (Lipinski definition) is 2. The standard InChI is InChI=1S/C20H32O2/c1-19(2,3)9-6-8-17-15(13-16(21)14-18(17)22)7-5-10-20(4)11-12-20/h13-14,21-22H,5-12H2,1-4H3. The van der Waals surface area contributed by atoms with Crippen LogP contribution >= 0.6 is 0 Å². The normalized spacial score (nSPS) is 16.7. The highest BCUT2D eigenvalue weighted by atomic mass is 16.3. The molecule has 0 atom stereocenters. The minimum absolute atomic E-state index is 0.185. The predicted octanol–water partition coefficient (Wildman–Crippen LogP) is 5.59. The van der Waals surface area contributed by atoms with Crippen molar-refractivity contribution in [1.29, 1.82) is 0 Å². The molecule has 1 aromatic carbocycles. The maximum absolute atomic E-state index is 10.2. The topological polar surface area (TPSA) is 40.5 Å². The van der Waals surface area contributed by atoms with Gasteiger partial charge in [-0.2, -0.15) is 0 Å². The van der Waals surface area contributed by atoms with Crippen molar-refractivity contribution in [2.24, 2.45) is 10.8 Å². The first-order chi connectivity index (χ1) is 10.2. The lowest BCUT2D eigenvalue weighted by Gasteiger charge is -2.19. The van der Waals surface area contributed by atoms with Gasteiger partial charge in [-0.3, -0.25) is 0 Å². The van der Waals surface area contributed by atoms with Crippen molar-refractivity contribution in [3.63, 3.8) is 0 Å². The Morgan fingerprint density at radius 2 is 1.73 bits per heavy atom. The molecule has 0 bridgehead atoms. The molecular formula is C20H32O2. The van der Waals surface area contributed by atoms with Crippen LogP contribution in [-0.2, 0) is 12.8 Å². The number of phenolic OH excluding ortho intramolecular Hbond substituents is 2. The molecule has 0 saturated heterocycles. The molecule has 1 aliphatic carbocycles. The van der Waals surface area contributed by atoms with Gasteiger partial charge in [0.15, 0.2) is 0 Å². The fourth-order valence-corrected chi connectivity index (χ4v) is 3.18. The molecule has 2 rings (SSSR count). The van der Waals surface area contributed by atoms with Crippen molar-refractivity contribution in [1.82, 2.24) is 0 Å². The van der Waals surface area contributed by atoms with Gasteiger partial charge in [0, 0.05) is 6.07 Å². The van der Waals surface area contributed by atoms with Crippen molar-refractivity contribution in [3.05, 3.63) is 23.3 Å². The molecule has 0 spiro atoms. The number of rotatable bonds is 7. The summed E-state index contributed by atoms with van der Waals surface area (Å²) >= 11 is 0. The lowest BCUT2D eigenvalue weighted by atomic mass is 9.87. The highest BCUT2D eigenvalue weighted by Gasteiger charge is 2.36. The second-order valence-electron chi connectivity index (χ2n) is 8.68. The Hall–Kier alpha value is -1.18. The highest BCUT2D eigenvalue weighted by Crippen LogP contribution is 2.49. The van der Waals surface area contributed by atoms with Crippen LogP contribution in [0.25, 0.3) is 0 Å². The van der Waals surface area contributed by atoms with Crippen LogP contribution in [0.4, 0.5) is 0 Å². The summed E-state index contributed by atoms with van der Waals surface area (Å²) in [4.78, 5) is 0. The Bertz CT molecular complexity index is 507. The summed E-state index contributed by atoms with van der Waals surface area (Å²) in [6, 6.07) is 3.33. The van der Waals surface area contributed by atoms with E-state index in [-0.39, 0.29) is 11.5 Å². The zero-order valence-corrected chi connectivity index (χ0v) is 14.7. The van der Waals surface area contributed by atoms with Crippen LogP contribution < -0.4 is 0 Å². The van der Waals surface area contributed by atoms with E-state index < -0.39 is 0 Å². The van der Waals surface area contributed by atoms with E-state index in [1.165, 1.54) is 25.3 Å². The molecule has 0 heterocycles. The largest absolute Gasteiger partial charge is 0.508 e. The fraction of sp³-hybridized carbons (Fsp3) is 0.700. The molecule has 0 aliphatic heterocycles. The average Bonchev–Trinajstić information content (AvgIpc) is 3.09. The molecule has 0 unspecified atom stereocenters. The molecule has 124 valence electrons. The van der Waals surface area contributed by atoms with E-state index >= 15 is 0 Å². The zero-order chi connectivity index (χ0) is 16.4. The molecule has 1 saturated carbocycles. The van der Waals surface area contributed by atoms with Crippen LogP contribution in [0.5, 0.6) is 11.5 Å². The lowest BCUT2D eigenvalue weighted by molar-refractivity contribution is 0.363. The van der Waals surface area contributed by atoms with Crippen molar-refractivity contribution < 1.29 is 10.2 Å². The Morgan fingerprint density at radius 3 is 2.32 bits per heavy atom. The lowest BCUT2D eigenvalue weighted by Crippen LogP contribution is -2.06. The van der Waals surface area contributed by atoms with Crippen molar-refractivity contribution in [2.45, 2.75) is 79.1 Å². The Morgan fingerprint density at radius 1 is 1.05 bits per heavy atom. The number of benzene rings is 1. The molecule has 1 aromatic rings. The molecule has 22 heavy (non-hydrogen) atoms.